The van der Waals surface area contributed by atoms with Gasteiger partial charge in [-0.2, -0.15) is 0 Å². The van der Waals surface area contributed by atoms with Crippen LogP contribution in [0.4, 0.5) is 0 Å². The van der Waals surface area contributed by atoms with Crippen LogP contribution in [0.3, 0.4) is 0 Å². The number of benzene rings is 1. The number of ether oxygens (including phenoxy) is 2. The van der Waals surface area contributed by atoms with Gasteiger partial charge >= 0.3 is 5.63 Å². The first-order valence-electron chi connectivity index (χ1n) is 8.56. The minimum absolute atomic E-state index is 0.196. The van der Waals surface area contributed by atoms with Gasteiger partial charge < -0.3 is 23.9 Å². The first-order valence-corrected chi connectivity index (χ1v) is 8.56. The van der Waals surface area contributed by atoms with Gasteiger partial charge in [-0.25, -0.2) is 4.79 Å². The van der Waals surface area contributed by atoms with Crippen LogP contribution in [0.2, 0.25) is 0 Å². The summed E-state index contributed by atoms with van der Waals surface area (Å²) in [4.78, 5) is 13.4. The van der Waals surface area contributed by atoms with Crippen molar-refractivity contribution in [3.63, 3.8) is 0 Å². The summed E-state index contributed by atoms with van der Waals surface area (Å²) in [7, 11) is 0. The van der Waals surface area contributed by atoms with Crippen molar-refractivity contribution in [3.8, 4) is 11.5 Å². The molecule has 2 aromatic rings. The van der Waals surface area contributed by atoms with E-state index in [1.54, 1.807) is 12.1 Å². The van der Waals surface area contributed by atoms with Gasteiger partial charge in [0.1, 0.15) is 12.1 Å². The highest BCUT2D eigenvalue weighted by molar-refractivity contribution is 5.84. The third kappa shape index (κ3) is 2.87. The molecule has 1 aromatic carbocycles. The Kier molecular flexibility index (Phi) is 4.16. The molecule has 0 amide bonds. The fraction of sp³-hybridized carbons (Fsp3) is 0.500. The molecule has 0 saturated carbocycles. The van der Waals surface area contributed by atoms with Crippen molar-refractivity contribution in [2.24, 2.45) is 0 Å². The monoisotopic (exact) mass is 332 g/mol. The second kappa shape index (κ2) is 6.45. The van der Waals surface area contributed by atoms with Gasteiger partial charge in [-0.15, -0.1) is 0 Å². The summed E-state index contributed by atoms with van der Waals surface area (Å²) < 4.78 is 16.2. The highest BCUT2D eigenvalue weighted by Crippen LogP contribution is 2.36. The topological polar surface area (TPSA) is 73.3 Å². The number of hydrogen-bond donors (Lipinski definition) is 2. The van der Waals surface area contributed by atoms with Crippen LogP contribution in [0, 0.1) is 0 Å². The average Bonchev–Trinajstić information content (AvgIpc) is 3.02. The largest absolute Gasteiger partial charge is 0.454 e. The molecule has 1 saturated heterocycles. The Morgan fingerprint density at radius 3 is 2.83 bits per heavy atom. The van der Waals surface area contributed by atoms with Crippen molar-refractivity contribution in [2.45, 2.75) is 38.3 Å². The summed E-state index contributed by atoms with van der Waals surface area (Å²) in [6.45, 7) is 2.23. The zero-order valence-electron chi connectivity index (χ0n) is 13.5. The van der Waals surface area contributed by atoms with Gasteiger partial charge in [0.05, 0.1) is 12.6 Å². The number of piperidine rings is 1. The normalized spacial score (nSPS) is 22.9. The molecular formula is C18H22NO5+. The molecule has 1 unspecified atom stereocenters. The predicted molar refractivity (Wildman–Crippen MR) is 87.5 cm³/mol. The lowest BCUT2D eigenvalue weighted by Gasteiger charge is -2.32. The lowest BCUT2D eigenvalue weighted by molar-refractivity contribution is -0.944. The standard InChI is InChI=1S/C18H21NO5/c20-6-4-13-3-1-2-5-19(13)10-12-7-18(21)24-15-9-17-16(8-14(12)15)22-11-23-17/h7-9,13,20H,1-6,10-11H2/p+1/t13-/m0/s1. The van der Waals surface area contributed by atoms with Crippen LogP contribution < -0.4 is 20.0 Å². The van der Waals surface area contributed by atoms with E-state index < -0.39 is 0 Å². The smallest absolute Gasteiger partial charge is 0.336 e. The molecule has 6 heteroatoms. The van der Waals surface area contributed by atoms with Crippen molar-refractivity contribution >= 4 is 11.0 Å². The van der Waals surface area contributed by atoms with Crippen LogP contribution in [-0.2, 0) is 6.54 Å². The van der Waals surface area contributed by atoms with Crippen LogP contribution in [0.5, 0.6) is 11.5 Å². The Morgan fingerprint density at radius 2 is 2.00 bits per heavy atom. The van der Waals surface area contributed by atoms with Gasteiger partial charge in [0.15, 0.2) is 11.5 Å². The average molecular weight is 332 g/mol. The molecule has 24 heavy (non-hydrogen) atoms. The zero-order chi connectivity index (χ0) is 16.5. The number of fused-ring (bicyclic) bond motifs is 2. The first kappa shape index (κ1) is 15.5. The predicted octanol–water partition coefficient (Wildman–Crippen LogP) is 0.841. The maximum absolute atomic E-state index is 12.0. The molecule has 128 valence electrons. The maximum atomic E-state index is 12.0. The number of aliphatic hydroxyl groups excluding tert-OH is 1. The molecule has 0 bridgehead atoms. The Hall–Kier alpha value is -2.05. The lowest BCUT2D eigenvalue weighted by Crippen LogP contribution is -3.15. The molecule has 2 N–H and O–H groups in total. The molecule has 2 aliphatic heterocycles. The number of aliphatic hydroxyl groups is 1. The van der Waals surface area contributed by atoms with E-state index in [1.165, 1.54) is 17.7 Å². The molecular weight excluding hydrogens is 310 g/mol. The third-order valence-electron chi connectivity index (χ3n) is 5.10. The van der Waals surface area contributed by atoms with Crippen molar-refractivity contribution in [1.82, 2.24) is 0 Å². The molecule has 2 atom stereocenters. The minimum atomic E-state index is -0.341. The van der Waals surface area contributed by atoms with E-state index in [0.717, 1.165) is 36.9 Å². The van der Waals surface area contributed by atoms with Crippen LogP contribution in [0.1, 0.15) is 31.2 Å². The maximum Gasteiger partial charge on any atom is 0.336 e. The van der Waals surface area contributed by atoms with E-state index in [0.29, 0.717) is 23.1 Å². The summed E-state index contributed by atoms with van der Waals surface area (Å²) in [5, 5.41) is 10.2. The molecule has 3 heterocycles. The fourth-order valence-electron chi connectivity index (χ4n) is 3.90. The quantitative estimate of drug-likeness (QED) is 0.812. The molecule has 1 aromatic heterocycles. The molecule has 1 fully saturated rings. The lowest BCUT2D eigenvalue weighted by atomic mass is 9.98. The van der Waals surface area contributed by atoms with Crippen LogP contribution >= 0.6 is 0 Å². The number of likely N-dealkylation sites (tertiary alicyclic amines) is 1. The van der Waals surface area contributed by atoms with E-state index >= 15 is 0 Å². The summed E-state index contributed by atoms with van der Waals surface area (Å²) in [5.41, 5.74) is 1.17. The highest BCUT2D eigenvalue weighted by Gasteiger charge is 2.27. The molecule has 0 spiro atoms. The minimum Gasteiger partial charge on any atom is -0.454 e. The van der Waals surface area contributed by atoms with Gasteiger partial charge in [-0.05, 0) is 25.3 Å². The molecule has 0 radical (unpaired) electrons. The van der Waals surface area contributed by atoms with Crippen LogP contribution in [-0.4, -0.2) is 31.1 Å². The second-order valence-electron chi connectivity index (χ2n) is 6.58. The van der Waals surface area contributed by atoms with Crippen molar-refractivity contribution in [1.29, 1.82) is 0 Å². The molecule has 6 nitrogen and oxygen atoms in total. The Bertz CT molecular complexity index is 798. The Labute approximate surface area is 139 Å². The molecule has 0 aliphatic carbocycles. The second-order valence-corrected chi connectivity index (χ2v) is 6.58. The Morgan fingerprint density at radius 1 is 1.17 bits per heavy atom. The van der Waals surface area contributed by atoms with Gasteiger partial charge in [-0.1, -0.05) is 0 Å². The SMILES string of the molecule is O=c1cc(C[NH+]2CCCC[C@H]2CCO)c2cc3c(cc2o1)OCO3. The van der Waals surface area contributed by atoms with Crippen molar-refractivity contribution in [2.75, 3.05) is 19.9 Å². The Balaban J connectivity index is 1.71. The van der Waals surface area contributed by atoms with Crippen LogP contribution in [0.15, 0.2) is 27.4 Å². The fourth-order valence-corrected chi connectivity index (χ4v) is 3.90. The van der Waals surface area contributed by atoms with Crippen molar-refractivity contribution in [3.05, 3.63) is 34.2 Å². The van der Waals surface area contributed by atoms with E-state index in [4.69, 9.17) is 13.9 Å². The summed E-state index contributed by atoms with van der Waals surface area (Å²) in [6.07, 6.45) is 4.33. The van der Waals surface area contributed by atoms with Crippen molar-refractivity contribution < 1.29 is 23.9 Å². The number of rotatable bonds is 4. The number of quaternary nitrogens is 1. The van der Waals surface area contributed by atoms with E-state index in [2.05, 4.69) is 0 Å². The molecule has 4 rings (SSSR count). The zero-order valence-corrected chi connectivity index (χ0v) is 13.5. The first-order chi connectivity index (χ1) is 11.7. The summed E-state index contributed by atoms with van der Waals surface area (Å²) >= 11 is 0. The van der Waals surface area contributed by atoms with Gasteiger partial charge in [-0.3, -0.25) is 0 Å². The third-order valence-corrected chi connectivity index (χ3v) is 5.10. The number of hydrogen-bond acceptors (Lipinski definition) is 5. The molecule has 2 aliphatic rings. The summed E-state index contributed by atoms with van der Waals surface area (Å²) in [6, 6.07) is 5.67. The van der Waals surface area contributed by atoms with Crippen LogP contribution in [0.25, 0.3) is 11.0 Å². The summed E-state index contributed by atoms with van der Waals surface area (Å²) in [5.74, 6) is 1.31. The van der Waals surface area contributed by atoms with Gasteiger partial charge in [0.2, 0.25) is 6.79 Å². The van der Waals surface area contributed by atoms with E-state index in [1.807, 2.05) is 6.07 Å². The number of nitrogens with one attached hydrogen (secondary N) is 1. The van der Waals surface area contributed by atoms with Gasteiger partial charge in [0, 0.05) is 36.1 Å². The van der Waals surface area contributed by atoms with E-state index in [9.17, 15) is 9.90 Å². The highest BCUT2D eigenvalue weighted by atomic mass is 16.7. The van der Waals surface area contributed by atoms with E-state index in [-0.39, 0.29) is 19.0 Å². The van der Waals surface area contributed by atoms with Gasteiger partial charge in [0.25, 0.3) is 0 Å².